The second-order valence-electron chi connectivity index (χ2n) is 7.91. The molecule has 2 aromatic carbocycles. The lowest BCUT2D eigenvalue weighted by Crippen LogP contribution is -2.26. The van der Waals surface area contributed by atoms with Crippen LogP contribution >= 0.6 is 0 Å². The molecule has 0 spiro atoms. The molecule has 7 heteroatoms. The molecular formula is C27H28FNO5. The van der Waals surface area contributed by atoms with E-state index in [2.05, 4.69) is 4.74 Å². The predicted octanol–water partition coefficient (Wildman–Crippen LogP) is 5.64. The molecule has 34 heavy (non-hydrogen) atoms. The third kappa shape index (κ3) is 6.81. The van der Waals surface area contributed by atoms with Crippen LogP contribution in [0.2, 0.25) is 0 Å². The summed E-state index contributed by atoms with van der Waals surface area (Å²) in [5.74, 6) is 0.350. The molecule has 6 nitrogen and oxygen atoms in total. The van der Waals surface area contributed by atoms with E-state index in [0.717, 1.165) is 16.9 Å². The molecular weight excluding hydrogens is 437 g/mol. The van der Waals surface area contributed by atoms with Crippen LogP contribution in [0.1, 0.15) is 35.7 Å². The van der Waals surface area contributed by atoms with Crippen molar-refractivity contribution in [3.05, 3.63) is 89.5 Å². The van der Waals surface area contributed by atoms with E-state index in [0.29, 0.717) is 29.7 Å². The van der Waals surface area contributed by atoms with Crippen molar-refractivity contribution in [3.63, 3.8) is 0 Å². The Morgan fingerprint density at radius 2 is 1.85 bits per heavy atom. The number of rotatable bonds is 10. The van der Waals surface area contributed by atoms with Crippen molar-refractivity contribution < 1.29 is 27.9 Å². The van der Waals surface area contributed by atoms with Crippen LogP contribution < -0.4 is 4.74 Å². The van der Waals surface area contributed by atoms with Gasteiger partial charge in [0.25, 0.3) is 5.91 Å². The maximum absolute atomic E-state index is 13.9. The molecule has 0 unspecified atom stereocenters. The minimum Gasteiger partial charge on any atom is -0.489 e. The van der Waals surface area contributed by atoms with Gasteiger partial charge in [-0.05, 0) is 61.9 Å². The van der Waals surface area contributed by atoms with Crippen LogP contribution in [0.15, 0.2) is 76.9 Å². The van der Waals surface area contributed by atoms with Gasteiger partial charge < -0.3 is 18.8 Å². The van der Waals surface area contributed by atoms with Gasteiger partial charge in [-0.15, -0.1) is 0 Å². The third-order valence-corrected chi connectivity index (χ3v) is 5.34. The molecule has 0 aliphatic rings. The first kappa shape index (κ1) is 24.8. The van der Waals surface area contributed by atoms with Crippen molar-refractivity contribution in [2.45, 2.75) is 26.3 Å². The third-order valence-electron chi connectivity index (χ3n) is 5.34. The molecule has 178 valence electrons. The molecule has 0 aliphatic carbocycles. The molecule has 1 aromatic heterocycles. The van der Waals surface area contributed by atoms with Crippen molar-refractivity contribution in [1.29, 1.82) is 0 Å². The number of benzene rings is 2. The average Bonchev–Trinajstić information content (AvgIpc) is 3.38. The van der Waals surface area contributed by atoms with E-state index < -0.39 is 5.82 Å². The van der Waals surface area contributed by atoms with E-state index in [1.165, 1.54) is 24.1 Å². The van der Waals surface area contributed by atoms with Crippen molar-refractivity contribution in [2.24, 2.45) is 0 Å². The minimum absolute atomic E-state index is 0.177. The maximum Gasteiger partial charge on any atom is 0.305 e. The van der Waals surface area contributed by atoms with Crippen molar-refractivity contribution in [1.82, 2.24) is 4.90 Å². The number of carbonyl (C=O) groups excluding carboxylic acids is 2. The lowest BCUT2D eigenvalue weighted by Gasteiger charge is -2.19. The molecule has 0 bridgehead atoms. The summed E-state index contributed by atoms with van der Waals surface area (Å²) >= 11 is 0. The average molecular weight is 466 g/mol. The predicted molar refractivity (Wildman–Crippen MR) is 127 cm³/mol. The molecule has 3 aromatic rings. The Labute approximate surface area is 198 Å². The summed E-state index contributed by atoms with van der Waals surface area (Å²) in [5.41, 5.74) is 2.93. The summed E-state index contributed by atoms with van der Waals surface area (Å²) < 4.78 is 29.8. The summed E-state index contributed by atoms with van der Waals surface area (Å²) in [6.45, 7) is 2.34. The van der Waals surface area contributed by atoms with E-state index >= 15 is 0 Å². The van der Waals surface area contributed by atoms with E-state index in [9.17, 15) is 14.0 Å². The monoisotopic (exact) mass is 465 g/mol. The Morgan fingerprint density at radius 1 is 1.09 bits per heavy atom. The summed E-state index contributed by atoms with van der Waals surface area (Å²) in [6, 6.07) is 15.0. The number of allylic oxidation sites excluding steroid dienone is 1. The van der Waals surface area contributed by atoms with Gasteiger partial charge in [0, 0.05) is 36.7 Å². The Bertz CT molecular complexity index is 1140. The molecule has 1 amide bonds. The van der Waals surface area contributed by atoms with Crippen molar-refractivity contribution in [2.75, 3.05) is 20.8 Å². The van der Waals surface area contributed by atoms with Crippen LogP contribution in [0, 0.1) is 5.82 Å². The zero-order chi connectivity index (χ0) is 24.5. The maximum atomic E-state index is 13.9. The van der Waals surface area contributed by atoms with Gasteiger partial charge >= 0.3 is 5.97 Å². The number of esters is 1. The summed E-state index contributed by atoms with van der Waals surface area (Å²) in [7, 11) is 3.02. The van der Waals surface area contributed by atoms with Gasteiger partial charge in [0.1, 0.15) is 23.9 Å². The minimum atomic E-state index is -0.407. The number of furan rings is 1. The lowest BCUT2D eigenvalue weighted by atomic mass is 10.1. The molecule has 0 atom stereocenters. The summed E-state index contributed by atoms with van der Waals surface area (Å²) in [5, 5.41) is 0. The first-order valence-corrected chi connectivity index (χ1v) is 10.9. The molecule has 0 N–H and O–H groups in total. The van der Waals surface area contributed by atoms with E-state index in [1.807, 2.05) is 31.2 Å². The normalized spacial score (nSPS) is 11.2. The van der Waals surface area contributed by atoms with Crippen LogP contribution in [0.4, 0.5) is 4.39 Å². The number of hydrogen-bond donors (Lipinski definition) is 0. The Balaban J connectivity index is 1.63. The number of amides is 1. The van der Waals surface area contributed by atoms with Gasteiger partial charge in [-0.3, -0.25) is 9.59 Å². The van der Waals surface area contributed by atoms with Crippen molar-refractivity contribution in [3.8, 4) is 17.1 Å². The molecule has 0 saturated carbocycles. The number of halogens is 1. The number of carbonyl (C=O) groups is 2. The quantitative estimate of drug-likeness (QED) is 0.286. The first-order valence-electron chi connectivity index (χ1n) is 10.9. The van der Waals surface area contributed by atoms with Gasteiger partial charge in [0.05, 0.1) is 13.4 Å². The van der Waals surface area contributed by atoms with E-state index in [-0.39, 0.29) is 25.0 Å². The number of methoxy groups -OCH3 is 1. The second-order valence-corrected chi connectivity index (χ2v) is 7.91. The topological polar surface area (TPSA) is 69.0 Å². The highest BCUT2D eigenvalue weighted by Gasteiger charge is 2.15. The standard InChI is InChI=1S/C27H28FNO5/c1-19(6-13-26(30)32-3)14-16-34-25-12-11-23(28)17-22(25)18-29(2)27(31)21-9-7-20(8-10-21)24-5-4-15-33-24/h4-5,7-12,14-15,17H,6,13,16,18H2,1-3H3/b19-14+. The first-order chi connectivity index (χ1) is 16.4. The number of nitrogens with zero attached hydrogens (tertiary/aromatic N) is 1. The van der Waals surface area contributed by atoms with Crippen molar-refractivity contribution >= 4 is 11.9 Å². The summed E-state index contributed by atoms with van der Waals surface area (Å²) in [6.07, 6.45) is 4.34. The molecule has 0 saturated heterocycles. The molecule has 0 aliphatic heterocycles. The van der Waals surface area contributed by atoms with E-state index in [4.69, 9.17) is 9.15 Å². The SMILES string of the molecule is COC(=O)CC/C(C)=C/COc1ccc(F)cc1CN(C)C(=O)c1ccc(-c2ccco2)cc1. The van der Waals surface area contributed by atoms with Crippen LogP contribution in [0.3, 0.4) is 0 Å². The molecule has 0 fully saturated rings. The van der Waals surface area contributed by atoms with Gasteiger partial charge in [-0.2, -0.15) is 0 Å². The Hall–Kier alpha value is -3.87. The lowest BCUT2D eigenvalue weighted by molar-refractivity contribution is -0.140. The van der Waals surface area contributed by atoms with Gasteiger partial charge in [0.15, 0.2) is 0 Å². The number of ether oxygens (including phenoxy) is 2. The fourth-order valence-corrected chi connectivity index (χ4v) is 3.36. The smallest absolute Gasteiger partial charge is 0.305 e. The van der Waals surface area contributed by atoms with Crippen LogP contribution in [0.25, 0.3) is 11.3 Å². The highest BCUT2D eigenvalue weighted by atomic mass is 19.1. The molecule has 0 radical (unpaired) electrons. The van der Waals surface area contributed by atoms with Gasteiger partial charge in [0.2, 0.25) is 0 Å². The Morgan fingerprint density at radius 3 is 2.53 bits per heavy atom. The second kappa shape index (κ2) is 11.8. The number of hydrogen-bond acceptors (Lipinski definition) is 5. The van der Waals surface area contributed by atoms with E-state index in [1.54, 1.807) is 37.6 Å². The highest BCUT2D eigenvalue weighted by molar-refractivity contribution is 5.94. The zero-order valence-electron chi connectivity index (χ0n) is 19.5. The van der Waals surface area contributed by atoms with Crippen LogP contribution in [-0.4, -0.2) is 37.5 Å². The zero-order valence-corrected chi connectivity index (χ0v) is 19.5. The largest absolute Gasteiger partial charge is 0.489 e. The van der Waals surface area contributed by atoms with Crippen LogP contribution in [0.5, 0.6) is 5.75 Å². The van der Waals surface area contributed by atoms with Gasteiger partial charge in [-0.1, -0.05) is 17.7 Å². The van der Waals surface area contributed by atoms with Gasteiger partial charge in [-0.25, -0.2) is 4.39 Å². The summed E-state index contributed by atoms with van der Waals surface area (Å²) in [4.78, 5) is 25.7. The fourth-order valence-electron chi connectivity index (χ4n) is 3.36. The van der Waals surface area contributed by atoms with Crippen LogP contribution in [-0.2, 0) is 16.1 Å². The highest BCUT2D eigenvalue weighted by Crippen LogP contribution is 2.24. The molecule has 1 heterocycles. The fraction of sp³-hybridized carbons (Fsp3) is 0.259. The Kier molecular flexibility index (Phi) is 8.62. The molecule has 3 rings (SSSR count).